The summed E-state index contributed by atoms with van der Waals surface area (Å²) in [6.45, 7) is 2.48. The van der Waals surface area contributed by atoms with Gasteiger partial charge in [0.15, 0.2) is 0 Å². The predicted molar refractivity (Wildman–Crippen MR) is 130 cm³/mol. The molecule has 0 radical (unpaired) electrons. The number of nitrogens with one attached hydrogen (secondary N) is 2. The molecule has 1 atom stereocenters. The molecule has 0 fully saturated rings. The zero-order valence-electron chi connectivity index (χ0n) is 18.6. The second kappa shape index (κ2) is 10.3. The summed E-state index contributed by atoms with van der Waals surface area (Å²) in [4.78, 5) is 38.2. The van der Waals surface area contributed by atoms with Crippen LogP contribution >= 0.6 is 11.8 Å². The van der Waals surface area contributed by atoms with Crippen LogP contribution in [0, 0.1) is 6.92 Å². The monoisotopic (exact) mass is 460 g/mol. The molecule has 33 heavy (non-hydrogen) atoms. The average Bonchev–Trinajstić information content (AvgIpc) is 2.86. The molecule has 4 rings (SSSR count). The molecule has 0 saturated heterocycles. The maximum absolute atomic E-state index is 12.3. The second-order valence-corrected chi connectivity index (χ2v) is 8.30. The van der Waals surface area contributed by atoms with Gasteiger partial charge >= 0.3 is 0 Å². The SMILES string of the molecule is CNC(=O)c1ncnc2c(C(CNc3cc(-c4cnc(C)nc4)ncn3)CSC)cccc12. The Hall–Kier alpha value is -3.66. The van der Waals surface area contributed by atoms with Crippen LogP contribution in [-0.2, 0) is 0 Å². The number of benzene rings is 1. The highest BCUT2D eigenvalue weighted by molar-refractivity contribution is 7.98. The van der Waals surface area contributed by atoms with Crippen LogP contribution in [0.3, 0.4) is 0 Å². The first-order valence-corrected chi connectivity index (χ1v) is 11.8. The molecule has 1 amide bonds. The van der Waals surface area contributed by atoms with Crippen molar-refractivity contribution in [2.45, 2.75) is 12.8 Å². The molecule has 3 heterocycles. The van der Waals surface area contributed by atoms with E-state index in [0.29, 0.717) is 23.9 Å². The van der Waals surface area contributed by atoms with E-state index in [9.17, 15) is 4.79 Å². The normalized spacial score (nSPS) is 11.8. The predicted octanol–water partition coefficient (Wildman–Crippen LogP) is 3.10. The zero-order chi connectivity index (χ0) is 23.2. The molecule has 0 bridgehead atoms. The molecule has 4 aromatic rings. The molecule has 1 aromatic carbocycles. The molecule has 2 N–H and O–H groups in total. The number of para-hydroxylation sites is 1. The Bertz CT molecular complexity index is 1270. The van der Waals surface area contributed by atoms with Crippen LogP contribution < -0.4 is 10.6 Å². The van der Waals surface area contributed by atoms with Crippen molar-refractivity contribution in [3.8, 4) is 11.3 Å². The third-order valence-electron chi connectivity index (χ3n) is 5.22. The fourth-order valence-corrected chi connectivity index (χ4v) is 4.26. The van der Waals surface area contributed by atoms with Gasteiger partial charge in [-0.05, 0) is 18.7 Å². The molecule has 168 valence electrons. The number of nitrogens with zero attached hydrogens (tertiary/aromatic N) is 6. The topological polar surface area (TPSA) is 118 Å². The van der Waals surface area contributed by atoms with E-state index in [1.165, 1.54) is 12.7 Å². The molecule has 10 heteroatoms. The third kappa shape index (κ3) is 5.06. The van der Waals surface area contributed by atoms with Gasteiger partial charge in [-0.1, -0.05) is 18.2 Å². The molecule has 3 aromatic heterocycles. The molecule has 0 aliphatic carbocycles. The summed E-state index contributed by atoms with van der Waals surface area (Å²) in [7, 11) is 1.60. The molecule has 1 unspecified atom stereocenters. The largest absolute Gasteiger partial charge is 0.369 e. The summed E-state index contributed by atoms with van der Waals surface area (Å²) in [6, 6.07) is 7.77. The maximum atomic E-state index is 12.3. The van der Waals surface area contributed by atoms with Gasteiger partial charge < -0.3 is 10.6 Å². The van der Waals surface area contributed by atoms with Crippen molar-refractivity contribution in [1.82, 2.24) is 35.2 Å². The Morgan fingerprint density at radius 3 is 2.61 bits per heavy atom. The average molecular weight is 461 g/mol. The molecular formula is C23H24N8OS. The lowest BCUT2D eigenvalue weighted by Gasteiger charge is -2.19. The summed E-state index contributed by atoms with van der Waals surface area (Å²) in [5.74, 6) is 2.21. The highest BCUT2D eigenvalue weighted by atomic mass is 32.2. The number of aromatic nitrogens is 6. The number of amides is 1. The fraction of sp³-hybridized carbons (Fsp3) is 0.261. The van der Waals surface area contributed by atoms with Crippen LogP contribution in [0.25, 0.3) is 22.2 Å². The van der Waals surface area contributed by atoms with Crippen LogP contribution in [0.1, 0.15) is 27.8 Å². The first-order valence-electron chi connectivity index (χ1n) is 10.4. The molecule has 0 aliphatic rings. The maximum Gasteiger partial charge on any atom is 0.270 e. The molecule has 0 saturated carbocycles. The van der Waals surface area contributed by atoms with E-state index in [2.05, 4.69) is 52.9 Å². The quantitative estimate of drug-likeness (QED) is 0.409. The lowest BCUT2D eigenvalue weighted by Crippen LogP contribution is -2.20. The minimum absolute atomic E-state index is 0.136. The van der Waals surface area contributed by atoms with Gasteiger partial charge in [-0.15, -0.1) is 0 Å². The van der Waals surface area contributed by atoms with Crippen LogP contribution in [0.2, 0.25) is 0 Å². The van der Waals surface area contributed by atoms with E-state index >= 15 is 0 Å². The van der Waals surface area contributed by atoms with Crippen molar-refractivity contribution >= 4 is 34.4 Å². The van der Waals surface area contributed by atoms with Crippen LogP contribution in [0.5, 0.6) is 0 Å². The minimum atomic E-state index is -0.229. The highest BCUT2D eigenvalue weighted by Crippen LogP contribution is 2.28. The van der Waals surface area contributed by atoms with E-state index in [0.717, 1.165) is 33.5 Å². The summed E-state index contributed by atoms with van der Waals surface area (Å²) < 4.78 is 0. The Labute approximate surface area is 195 Å². The van der Waals surface area contributed by atoms with Crippen LogP contribution in [0.15, 0.2) is 49.3 Å². The highest BCUT2D eigenvalue weighted by Gasteiger charge is 2.19. The number of thioether (sulfide) groups is 1. The Morgan fingerprint density at radius 1 is 1.06 bits per heavy atom. The number of rotatable bonds is 8. The van der Waals surface area contributed by atoms with Crippen molar-refractivity contribution in [2.24, 2.45) is 0 Å². The Kier molecular flexibility index (Phi) is 7.04. The summed E-state index contributed by atoms with van der Waals surface area (Å²) in [5, 5.41) is 6.82. The number of anilines is 1. The summed E-state index contributed by atoms with van der Waals surface area (Å²) in [5.41, 5.74) is 3.80. The number of hydrogen-bond acceptors (Lipinski definition) is 9. The van der Waals surface area contributed by atoms with Crippen molar-refractivity contribution in [1.29, 1.82) is 0 Å². The van der Waals surface area contributed by atoms with E-state index in [1.54, 1.807) is 31.2 Å². The molecule has 0 aliphatic heterocycles. The molecule has 0 spiro atoms. The number of hydrogen-bond donors (Lipinski definition) is 2. The van der Waals surface area contributed by atoms with Gasteiger partial charge in [0.1, 0.15) is 30.0 Å². The number of carbonyl (C=O) groups excluding carboxylic acids is 1. The van der Waals surface area contributed by atoms with Gasteiger partial charge in [-0.3, -0.25) is 4.79 Å². The van der Waals surface area contributed by atoms with Crippen molar-refractivity contribution < 1.29 is 4.79 Å². The van der Waals surface area contributed by atoms with Crippen LogP contribution in [0.4, 0.5) is 5.82 Å². The second-order valence-electron chi connectivity index (χ2n) is 7.39. The lowest BCUT2D eigenvalue weighted by molar-refractivity contribution is 0.0960. The van der Waals surface area contributed by atoms with Crippen molar-refractivity contribution in [2.75, 3.05) is 30.9 Å². The smallest absolute Gasteiger partial charge is 0.270 e. The Balaban J connectivity index is 1.61. The van der Waals surface area contributed by atoms with Crippen LogP contribution in [-0.4, -0.2) is 61.4 Å². The standard InChI is InChI=1S/C23H24N8OS/c1-14-25-8-15(9-26-14)19-7-20(29-12-28-19)27-10-16(11-33-3)17-5-4-6-18-21(17)30-13-31-22(18)23(32)24-2/h4-9,12-13,16H,10-11H2,1-3H3,(H,24,32)(H,27,28,29). The van der Waals surface area contributed by atoms with Gasteiger partial charge in [0.25, 0.3) is 5.91 Å². The minimum Gasteiger partial charge on any atom is -0.369 e. The van der Waals surface area contributed by atoms with Crippen molar-refractivity contribution in [3.63, 3.8) is 0 Å². The van der Waals surface area contributed by atoms with E-state index in [1.807, 2.05) is 25.1 Å². The number of carbonyl (C=O) groups is 1. The Morgan fingerprint density at radius 2 is 1.85 bits per heavy atom. The molecule has 9 nitrogen and oxygen atoms in total. The fourth-order valence-electron chi connectivity index (χ4n) is 3.56. The van der Waals surface area contributed by atoms with E-state index in [-0.39, 0.29) is 11.8 Å². The number of aryl methyl sites for hydroxylation is 1. The lowest BCUT2D eigenvalue weighted by atomic mass is 9.97. The first-order chi connectivity index (χ1) is 16.1. The number of fused-ring (bicyclic) bond motifs is 1. The summed E-state index contributed by atoms with van der Waals surface area (Å²) in [6.07, 6.45) is 8.56. The third-order valence-corrected chi connectivity index (χ3v) is 5.95. The van der Waals surface area contributed by atoms with Gasteiger partial charge in [0.05, 0.1) is 11.2 Å². The first kappa shape index (κ1) is 22.5. The van der Waals surface area contributed by atoms with Gasteiger partial charge in [-0.2, -0.15) is 11.8 Å². The zero-order valence-corrected chi connectivity index (χ0v) is 19.4. The summed E-state index contributed by atoms with van der Waals surface area (Å²) >= 11 is 1.75. The van der Waals surface area contributed by atoms with Gasteiger partial charge in [0.2, 0.25) is 0 Å². The van der Waals surface area contributed by atoms with Crippen molar-refractivity contribution in [3.05, 3.63) is 66.4 Å². The molecular weight excluding hydrogens is 436 g/mol. The van der Waals surface area contributed by atoms with Gasteiger partial charge in [0, 0.05) is 54.7 Å². The van der Waals surface area contributed by atoms with Gasteiger partial charge in [-0.25, -0.2) is 29.9 Å². The van der Waals surface area contributed by atoms with E-state index < -0.39 is 0 Å². The van der Waals surface area contributed by atoms with E-state index in [4.69, 9.17) is 0 Å².